The number of hydrogen-bond donors (Lipinski definition) is 1. The summed E-state index contributed by atoms with van der Waals surface area (Å²) in [7, 11) is 2.37. The minimum atomic E-state index is -4.36. The van der Waals surface area contributed by atoms with Crippen molar-refractivity contribution in [1.29, 1.82) is 0 Å². The van der Waals surface area contributed by atoms with Crippen molar-refractivity contribution in [3.63, 3.8) is 0 Å². The summed E-state index contributed by atoms with van der Waals surface area (Å²) in [4.78, 5) is 24.3. The molecule has 0 aliphatic heterocycles. The van der Waals surface area contributed by atoms with Gasteiger partial charge in [0.1, 0.15) is 0 Å². The van der Waals surface area contributed by atoms with Gasteiger partial charge in [-0.05, 0) is 18.2 Å². The van der Waals surface area contributed by atoms with Crippen LogP contribution in [0.25, 0.3) is 0 Å². The average Bonchev–Trinajstić information content (AvgIpc) is 2.44. The third kappa shape index (κ3) is 5.44. The average molecular weight is 339 g/mol. The molecule has 9 heteroatoms. The molecular weight excluding hydrogens is 325 g/mol. The topological polar surface area (TPSA) is 58.6 Å². The van der Waals surface area contributed by atoms with Gasteiger partial charge in [-0.15, -0.1) is 0 Å². The van der Waals surface area contributed by atoms with Gasteiger partial charge < -0.3 is 15.0 Å². The second-order valence-corrected chi connectivity index (χ2v) is 4.83. The van der Waals surface area contributed by atoms with Crippen LogP contribution < -0.4 is 5.32 Å². The number of methoxy groups -OCH3 is 1. The zero-order valence-corrected chi connectivity index (χ0v) is 12.6. The Hall–Kier alpha value is -1.96. The van der Waals surface area contributed by atoms with Gasteiger partial charge in [0.15, 0.2) is 0 Å². The molecule has 0 unspecified atom stereocenters. The van der Waals surface area contributed by atoms with Crippen molar-refractivity contribution in [3.05, 3.63) is 28.8 Å². The number of nitrogens with one attached hydrogen (secondary N) is 1. The maximum absolute atomic E-state index is 12.1. The fourth-order valence-electron chi connectivity index (χ4n) is 1.51. The SMILES string of the molecule is COC(=O)c1cc(Cl)ccc1NC(=O)N(C)CCC(F)(F)F. The second-order valence-electron chi connectivity index (χ2n) is 4.40. The minimum Gasteiger partial charge on any atom is -0.465 e. The lowest BCUT2D eigenvalue weighted by Gasteiger charge is -2.19. The first kappa shape index (κ1) is 18.1. The van der Waals surface area contributed by atoms with Crippen molar-refractivity contribution in [2.24, 2.45) is 0 Å². The van der Waals surface area contributed by atoms with Gasteiger partial charge in [0.05, 0.1) is 24.8 Å². The van der Waals surface area contributed by atoms with Crippen molar-refractivity contribution in [2.75, 3.05) is 26.0 Å². The zero-order valence-electron chi connectivity index (χ0n) is 11.8. The molecule has 0 aliphatic rings. The van der Waals surface area contributed by atoms with E-state index in [1.165, 1.54) is 25.2 Å². The summed E-state index contributed by atoms with van der Waals surface area (Å²) in [5.74, 6) is -0.726. The van der Waals surface area contributed by atoms with Crippen molar-refractivity contribution >= 4 is 29.3 Å². The third-order valence-corrected chi connectivity index (χ3v) is 2.94. The summed E-state index contributed by atoms with van der Waals surface area (Å²) in [6.07, 6.45) is -5.48. The number of hydrogen-bond acceptors (Lipinski definition) is 3. The van der Waals surface area contributed by atoms with Crippen molar-refractivity contribution in [1.82, 2.24) is 4.90 Å². The van der Waals surface area contributed by atoms with Crippen molar-refractivity contribution in [2.45, 2.75) is 12.6 Å². The summed E-state index contributed by atoms with van der Waals surface area (Å²) in [6.45, 7) is -0.503. The van der Waals surface area contributed by atoms with Crippen LogP contribution in [-0.4, -0.2) is 43.8 Å². The molecule has 0 aromatic heterocycles. The van der Waals surface area contributed by atoms with E-state index in [1.807, 2.05) is 0 Å². The van der Waals surface area contributed by atoms with E-state index in [9.17, 15) is 22.8 Å². The van der Waals surface area contributed by atoms with E-state index in [1.54, 1.807) is 0 Å². The molecule has 0 aliphatic carbocycles. The maximum Gasteiger partial charge on any atom is 0.390 e. The van der Waals surface area contributed by atoms with Gasteiger partial charge in [-0.1, -0.05) is 11.6 Å². The Morgan fingerprint density at radius 3 is 2.55 bits per heavy atom. The van der Waals surface area contributed by atoms with Gasteiger partial charge in [0, 0.05) is 18.6 Å². The van der Waals surface area contributed by atoms with Crippen LogP contribution in [0.1, 0.15) is 16.8 Å². The molecule has 1 aromatic rings. The number of halogens is 4. The van der Waals surface area contributed by atoms with Gasteiger partial charge in [0.25, 0.3) is 0 Å². The molecule has 1 rings (SSSR count). The summed E-state index contributed by atoms with van der Waals surface area (Å²) < 4.78 is 41.0. The molecule has 0 bridgehead atoms. The largest absolute Gasteiger partial charge is 0.465 e. The van der Waals surface area contributed by atoms with E-state index in [-0.39, 0.29) is 16.3 Å². The lowest BCUT2D eigenvalue weighted by molar-refractivity contribution is -0.135. The normalized spacial score (nSPS) is 11.0. The molecular formula is C13H14ClF3N2O3. The monoisotopic (exact) mass is 338 g/mol. The number of urea groups is 1. The zero-order chi connectivity index (χ0) is 16.9. The molecule has 1 N–H and O–H groups in total. The van der Waals surface area contributed by atoms with Crippen LogP contribution in [0.5, 0.6) is 0 Å². The highest BCUT2D eigenvalue weighted by Crippen LogP contribution is 2.23. The fraction of sp³-hybridized carbons (Fsp3) is 0.385. The van der Waals surface area contributed by atoms with E-state index in [2.05, 4.69) is 10.1 Å². The predicted molar refractivity (Wildman–Crippen MR) is 75.1 cm³/mol. The van der Waals surface area contributed by atoms with Crippen LogP contribution in [0.4, 0.5) is 23.7 Å². The predicted octanol–water partition coefficient (Wildman–Crippen LogP) is 3.54. The van der Waals surface area contributed by atoms with Crippen LogP contribution in [0.15, 0.2) is 18.2 Å². The Kier molecular flexibility index (Phi) is 6.04. The number of anilines is 1. The first-order valence-corrected chi connectivity index (χ1v) is 6.48. The first-order valence-electron chi connectivity index (χ1n) is 6.11. The molecule has 0 radical (unpaired) electrons. The number of esters is 1. The molecule has 22 heavy (non-hydrogen) atoms. The number of carbonyl (C=O) groups is 2. The highest BCUT2D eigenvalue weighted by molar-refractivity contribution is 6.31. The number of benzene rings is 1. The molecule has 2 amide bonds. The van der Waals surface area contributed by atoms with E-state index < -0.39 is 31.1 Å². The first-order chi connectivity index (χ1) is 10.1. The third-order valence-electron chi connectivity index (χ3n) is 2.71. The Morgan fingerprint density at radius 2 is 2.00 bits per heavy atom. The Balaban J connectivity index is 2.81. The summed E-state index contributed by atoms with van der Waals surface area (Å²) in [5.41, 5.74) is 0.104. The van der Waals surface area contributed by atoms with Gasteiger partial charge in [-0.2, -0.15) is 13.2 Å². The van der Waals surface area contributed by atoms with Gasteiger partial charge in [-0.3, -0.25) is 0 Å². The Bertz CT molecular complexity index is 564. The number of nitrogens with zero attached hydrogens (tertiary/aromatic N) is 1. The highest BCUT2D eigenvalue weighted by Gasteiger charge is 2.28. The number of rotatable bonds is 4. The molecule has 0 atom stereocenters. The second kappa shape index (κ2) is 7.35. The summed E-state index contributed by atoms with van der Waals surface area (Å²) in [6, 6.07) is 3.30. The molecule has 1 aromatic carbocycles. The lowest BCUT2D eigenvalue weighted by atomic mass is 10.2. The van der Waals surface area contributed by atoms with Crippen molar-refractivity contribution < 1.29 is 27.5 Å². The highest BCUT2D eigenvalue weighted by atomic mass is 35.5. The van der Waals surface area contributed by atoms with Crippen LogP contribution in [0.2, 0.25) is 5.02 Å². The van der Waals surface area contributed by atoms with Gasteiger partial charge in [-0.25, -0.2) is 9.59 Å². The number of carbonyl (C=O) groups excluding carboxylic acids is 2. The molecule has 0 spiro atoms. The van der Waals surface area contributed by atoms with Crippen LogP contribution in [0.3, 0.4) is 0 Å². The maximum atomic E-state index is 12.1. The van der Waals surface area contributed by atoms with Crippen LogP contribution in [-0.2, 0) is 4.74 Å². The van der Waals surface area contributed by atoms with Crippen molar-refractivity contribution in [3.8, 4) is 0 Å². The number of alkyl halides is 3. The lowest BCUT2D eigenvalue weighted by Crippen LogP contribution is -2.34. The van der Waals surface area contributed by atoms with Gasteiger partial charge >= 0.3 is 18.2 Å². The standard InChI is InChI=1S/C13H14ClF3N2O3/c1-19(6-5-13(15,16)17)12(21)18-10-4-3-8(14)7-9(10)11(20)22-2/h3-4,7H,5-6H2,1-2H3,(H,18,21). The molecule has 5 nitrogen and oxygen atoms in total. The van der Waals surface area contributed by atoms with E-state index in [0.717, 1.165) is 12.0 Å². The molecule has 0 fully saturated rings. The number of amides is 2. The fourth-order valence-corrected chi connectivity index (χ4v) is 1.68. The number of ether oxygens (including phenoxy) is 1. The van der Waals surface area contributed by atoms with E-state index in [4.69, 9.17) is 11.6 Å². The van der Waals surface area contributed by atoms with Gasteiger partial charge in [0.2, 0.25) is 0 Å². The smallest absolute Gasteiger partial charge is 0.390 e. The molecule has 0 saturated carbocycles. The minimum absolute atomic E-state index is 0.00701. The van der Waals surface area contributed by atoms with E-state index >= 15 is 0 Å². The molecule has 122 valence electrons. The summed E-state index contributed by atoms with van der Waals surface area (Å²) >= 11 is 5.76. The Morgan fingerprint density at radius 1 is 1.36 bits per heavy atom. The molecule has 0 saturated heterocycles. The molecule has 0 heterocycles. The summed E-state index contributed by atoms with van der Waals surface area (Å²) in [5, 5.41) is 2.60. The Labute approximate surface area is 130 Å². The van der Waals surface area contributed by atoms with Crippen LogP contribution >= 0.6 is 11.6 Å². The van der Waals surface area contributed by atoms with Crippen LogP contribution in [0, 0.1) is 0 Å². The van der Waals surface area contributed by atoms with E-state index in [0.29, 0.717) is 0 Å². The quantitative estimate of drug-likeness (QED) is 0.854.